The summed E-state index contributed by atoms with van der Waals surface area (Å²) in [5, 5.41) is 0.313. The highest BCUT2D eigenvalue weighted by molar-refractivity contribution is 7.14. The summed E-state index contributed by atoms with van der Waals surface area (Å²) in [6.45, 7) is 1.43. The van der Waals surface area contributed by atoms with Crippen LogP contribution in [0, 0.1) is 0 Å². The molecule has 1 aromatic heterocycles. The summed E-state index contributed by atoms with van der Waals surface area (Å²) in [6, 6.07) is 4.97. The number of halogens is 3. The van der Waals surface area contributed by atoms with Gasteiger partial charge in [0, 0.05) is 6.20 Å². The fourth-order valence-electron chi connectivity index (χ4n) is 1.40. The number of ether oxygens (including phenoxy) is 2. The quantitative estimate of drug-likeness (QED) is 0.761. The molecule has 0 saturated heterocycles. The van der Waals surface area contributed by atoms with Gasteiger partial charge in [-0.05, 0) is 43.3 Å². The third kappa shape index (κ3) is 5.21. The van der Waals surface area contributed by atoms with E-state index in [0.29, 0.717) is 10.9 Å². The van der Waals surface area contributed by atoms with Crippen molar-refractivity contribution in [3.8, 4) is 16.7 Å². The van der Waals surface area contributed by atoms with Crippen LogP contribution in [0.2, 0.25) is 0 Å². The third-order valence-corrected chi connectivity index (χ3v) is 3.09. The predicted octanol–water partition coefficient (Wildman–Crippen LogP) is 4.44. The first kappa shape index (κ1) is 16.0. The van der Waals surface area contributed by atoms with Gasteiger partial charge in [0.1, 0.15) is 11.5 Å². The SMILES string of the molecule is CC(=O)/C=C/c1cnc(Oc2ccc(OC(F)(F)F)cc2)s1. The maximum Gasteiger partial charge on any atom is 0.573 e. The molecule has 22 heavy (non-hydrogen) atoms. The van der Waals surface area contributed by atoms with Crippen LogP contribution in [0.5, 0.6) is 16.7 Å². The molecule has 0 bridgehead atoms. The molecule has 116 valence electrons. The third-order valence-electron chi connectivity index (χ3n) is 2.25. The van der Waals surface area contributed by atoms with E-state index in [0.717, 1.165) is 17.0 Å². The van der Waals surface area contributed by atoms with Crippen LogP contribution in [0.3, 0.4) is 0 Å². The number of allylic oxidation sites excluding steroid dienone is 1. The largest absolute Gasteiger partial charge is 0.573 e. The molecule has 0 saturated carbocycles. The van der Waals surface area contributed by atoms with Crippen molar-refractivity contribution in [2.45, 2.75) is 13.3 Å². The van der Waals surface area contributed by atoms with Crippen LogP contribution in [0.15, 0.2) is 36.5 Å². The fraction of sp³-hybridized carbons (Fsp3) is 0.143. The summed E-state index contributed by atoms with van der Waals surface area (Å²) in [7, 11) is 0. The lowest BCUT2D eigenvalue weighted by Crippen LogP contribution is -2.16. The molecular weight excluding hydrogens is 319 g/mol. The first-order chi connectivity index (χ1) is 10.3. The molecule has 0 amide bonds. The highest BCUT2D eigenvalue weighted by Crippen LogP contribution is 2.29. The molecule has 0 aliphatic heterocycles. The van der Waals surface area contributed by atoms with Crippen LogP contribution in [-0.4, -0.2) is 17.1 Å². The zero-order chi connectivity index (χ0) is 16.2. The smallest absolute Gasteiger partial charge is 0.431 e. The first-order valence-electron chi connectivity index (χ1n) is 6.00. The molecule has 0 atom stereocenters. The van der Waals surface area contributed by atoms with E-state index in [1.807, 2.05) is 0 Å². The summed E-state index contributed by atoms with van der Waals surface area (Å²) in [4.78, 5) is 15.5. The van der Waals surface area contributed by atoms with Crippen molar-refractivity contribution in [2.24, 2.45) is 0 Å². The van der Waals surface area contributed by atoms with Crippen molar-refractivity contribution in [3.05, 3.63) is 41.4 Å². The number of benzene rings is 1. The van der Waals surface area contributed by atoms with Gasteiger partial charge in [-0.15, -0.1) is 13.2 Å². The molecule has 2 aromatic rings. The number of nitrogens with zero attached hydrogens (tertiary/aromatic N) is 1. The van der Waals surface area contributed by atoms with Crippen LogP contribution >= 0.6 is 11.3 Å². The number of rotatable bonds is 5. The van der Waals surface area contributed by atoms with Crippen molar-refractivity contribution in [2.75, 3.05) is 0 Å². The van der Waals surface area contributed by atoms with Crippen molar-refractivity contribution >= 4 is 23.2 Å². The minimum Gasteiger partial charge on any atom is -0.431 e. The lowest BCUT2D eigenvalue weighted by atomic mass is 10.3. The Morgan fingerprint density at radius 1 is 1.23 bits per heavy atom. The van der Waals surface area contributed by atoms with Gasteiger partial charge in [-0.1, -0.05) is 11.3 Å². The highest BCUT2D eigenvalue weighted by atomic mass is 32.1. The zero-order valence-corrected chi connectivity index (χ0v) is 12.1. The minimum atomic E-state index is -4.73. The Balaban J connectivity index is 2.00. The Morgan fingerprint density at radius 2 is 1.86 bits per heavy atom. The van der Waals surface area contributed by atoms with E-state index < -0.39 is 6.36 Å². The van der Waals surface area contributed by atoms with Gasteiger partial charge >= 0.3 is 6.36 Å². The van der Waals surface area contributed by atoms with E-state index in [-0.39, 0.29) is 11.5 Å². The van der Waals surface area contributed by atoms with Gasteiger partial charge in [0.25, 0.3) is 5.19 Å². The van der Waals surface area contributed by atoms with E-state index in [4.69, 9.17) is 4.74 Å². The monoisotopic (exact) mass is 329 g/mol. The molecule has 0 N–H and O–H groups in total. The molecule has 1 heterocycles. The standard InChI is InChI=1S/C14H10F3NO3S/c1-9(19)2-7-12-8-18-13(22-12)20-10-3-5-11(6-4-10)21-14(15,16)17/h2-8H,1H3/b7-2+. The first-order valence-corrected chi connectivity index (χ1v) is 6.81. The maximum atomic E-state index is 12.0. The Morgan fingerprint density at radius 3 is 2.45 bits per heavy atom. The van der Waals surface area contributed by atoms with Gasteiger partial charge in [-0.25, -0.2) is 4.98 Å². The van der Waals surface area contributed by atoms with Crippen molar-refractivity contribution in [1.29, 1.82) is 0 Å². The normalized spacial score (nSPS) is 11.6. The van der Waals surface area contributed by atoms with Gasteiger partial charge in [0.15, 0.2) is 5.78 Å². The van der Waals surface area contributed by atoms with Crippen molar-refractivity contribution < 1.29 is 27.4 Å². The van der Waals surface area contributed by atoms with E-state index in [1.54, 1.807) is 6.08 Å². The lowest BCUT2D eigenvalue weighted by molar-refractivity contribution is -0.274. The van der Waals surface area contributed by atoms with Crippen LogP contribution in [0.1, 0.15) is 11.8 Å². The van der Waals surface area contributed by atoms with Crippen LogP contribution in [-0.2, 0) is 4.79 Å². The molecule has 1 aromatic carbocycles. The Bertz CT molecular complexity index is 677. The Labute approximate surface area is 127 Å². The molecule has 0 fully saturated rings. The van der Waals surface area contributed by atoms with E-state index >= 15 is 0 Å². The lowest BCUT2D eigenvalue weighted by Gasteiger charge is -2.09. The highest BCUT2D eigenvalue weighted by Gasteiger charge is 2.30. The van der Waals surface area contributed by atoms with Crippen LogP contribution in [0.25, 0.3) is 6.08 Å². The number of aromatic nitrogens is 1. The summed E-state index contributed by atoms with van der Waals surface area (Å²) in [5.41, 5.74) is 0. The second kappa shape index (κ2) is 6.61. The number of thiazole rings is 1. The fourth-order valence-corrected chi connectivity index (χ4v) is 2.09. The molecule has 0 aliphatic carbocycles. The molecule has 8 heteroatoms. The average Bonchev–Trinajstić information content (AvgIpc) is 2.85. The summed E-state index contributed by atoms with van der Waals surface area (Å²) in [5.74, 6) is -0.0915. The van der Waals surface area contributed by atoms with E-state index in [1.165, 1.54) is 42.7 Å². The van der Waals surface area contributed by atoms with Crippen molar-refractivity contribution in [1.82, 2.24) is 4.98 Å². The molecule has 0 radical (unpaired) electrons. The topological polar surface area (TPSA) is 48.4 Å². The molecule has 4 nitrogen and oxygen atoms in total. The maximum absolute atomic E-state index is 12.0. The Kier molecular flexibility index (Phi) is 4.81. The number of ketones is 1. The number of alkyl halides is 3. The zero-order valence-electron chi connectivity index (χ0n) is 11.3. The second-order valence-corrected chi connectivity index (χ2v) is 5.12. The average molecular weight is 329 g/mol. The predicted molar refractivity (Wildman–Crippen MR) is 75.0 cm³/mol. The molecule has 2 rings (SSSR count). The molecule has 0 spiro atoms. The number of hydrogen-bond acceptors (Lipinski definition) is 5. The van der Waals surface area contributed by atoms with E-state index in [9.17, 15) is 18.0 Å². The van der Waals surface area contributed by atoms with Crippen molar-refractivity contribution in [3.63, 3.8) is 0 Å². The molecular formula is C14H10F3NO3S. The van der Waals surface area contributed by atoms with Gasteiger partial charge in [-0.3, -0.25) is 4.79 Å². The summed E-state index contributed by atoms with van der Waals surface area (Å²) in [6.07, 6.45) is -0.191. The minimum absolute atomic E-state index is 0.0869. The summed E-state index contributed by atoms with van der Waals surface area (Å²) >= 11 is 1.20. The number of carbonyl (C=O) groups is 1. The van der Waals surface area contributed by atoms with E-state index in [2.05, 4.69) is 9.72 Å². The van der Waals surface area contributed by atoms with Gasteiger partial charge < -0.3 is 9.47 Å². The van der Waals surface area contributed by atoms with Crippen LogP contribution < -0.4 is 9.47 Å². The number of carbonyl (C=O) groups excluding carboxylic acids is 1. The number of hydrogen-bond donors (Lipinski definition) is 0. The van der Waals surface area contributed by atoms with Gasteiger partial charge in [0.2, 0.25) is 0 Å². The van der Waals surface area contributed by atoms with Gasteiger partial charge in [0.05, 0.1) is 4.88 Å². The summed E-state index contributed by atoms with van der Waals surface area (Å²) < 4.78 is 45.2. The second-order valence-electron chi connectivity index (χ2n) is 4.09. The van der Waals surface area contributed by atoms with Gasteiger partial charge in [-0.2, -0.15) is 0 Å². The molecule has 0 unspecified atom stereocenters. The van der Waals surface area contributed by atoms with Crippen LogP contribution in [0.4, 0.5) is 13.2 Å². The molecule has 0 aliphatic rings. The Hall–Kier alpha value is -2.35.